The van der Waals surface area contributed by atoms with Crippen LogP contribution in [0.5, 0.6) is 0 Å². The van der Waals surface area contributed by atoms with Gasteiger partial charge in [0.25, 0.3) is 0 Å². The van der Waals surface area contributed by atoms with E-state index in [9.17, 15) is 0 Å². The van der Waals surface area contributed by atoms with Gasteiger partial charge in [0.05, 0.1) is 22.1 Å². The number of hydrogen-bond donors (Lipinski definition) is 0. The summed E-state index contributed by atoms with van der Waals surface area (Å²) in [5.74, 6) is 1.84. The van der Waals surface area contributed by atoms with Gasteiger partial charge in [0.2, 0.25) is 0 Å². The van der Waals surface area contributed by atoms with Crippen molar-refractivity contribution in [2.75, 3.05) is 0 Å². The van der Waals surface area contributed by atoms with Gasteiger partial charge in [-0.3, -0.25) is 0 Å². The summed E-state index contributed by atoms with van der Waals surface area (Å²) in [6.45, 7) is 0. The molecule has 0 N–H and O–H groups in total. The summed E-state index contributed by atoms with van der Waals surface area (Å²) in [5.41, 5.74) is 11.6. The van der Waals surface area contributed by atoms with E-state index in [4.69, 9.17) is 15.0 Å². The maximum Gasteiger partial charge on any atom is 0.164 e. The highest BCUT2D eigenvalue weighted by Gasteiger charge is 2.20. The summed E-state index contributed by atoms with van der Waals surface area (Å²) >= 11 is 0. The van der Waals surface area contributed by atoms with E-state index in [1.165, 1.54) is 21.5 Å². The van der Waals surface area contributed by atoms with Crippen LogP contribution in [0.25, 0.3) is 111 Å². The second-order valence-corrected chi connectivity index (χ2v) is 15.3. The summed E-state index contributed by atoms with van der Waals surface area (Å²) in [6, 6.07) is 75.1. The first kappa shape index (κ1) is 33.9. The van der Waals surface area contributed by atoms with Crippen LogP contribution in [-0.2, 0) is 0 Å². The van der Waals surface area contributed by atoms with E-state index in [-0.39, 0.29) is 0 Å². The zero-order valence-electron chi connectivity index (χ0n) is 32.4. The van der Waals surface area contributed by atoms with Crippen molar-refractivity contribution >= 4 is 54.4 Å². The van der Waals surface area contributed by atoms with Crippen LogP contribution in [0.2, 0.25) is 0 Å². The number of benzene rings is 9. The zero-order valence-corrected chi connectivity index (χ0v) is 32.4. The average Bonchev–Trinajstić information content (AvgIpc) is 3.85. The van der Waals surface area contributed by atoms with Crippen LogP contribution in [0, 0.1) is 0 Å². The molecule has 280 valence electrons. The summed E-state index contributed by atoms with van der Waals surface area (Å²) < 4.78 is 4.75. The molecule has 0 atom stereocenters. The molecule has 0 unspecified atom stereocenters. The number of rotatable bonds is 6. The molecule has 0 radical (unpaired) electrons. The van der Waals surface area contributed by atoms with Crippen molar-refractivity contribution < 1.29 is 0 Å². The van der Waals surface area contributed by atoms with E-state index in [0.717, 1.165) is 72.0 Å². The van der Waals surface area contributed by atoms with Crippen LogP contribution >= 0.6 is 0 Å². The average molecular weight is 766 g/mol. The SMILES string of the molecule is c1ccc(-c2ccc(-c3nc(-c4cc(-n5c6ccccc6c6ccccc65)cc(-n5c6ccccc6c6ccccc65)c4)nc(-c4cccc5ccccc45)n3)cc2)cc1. The molecule has 12 rings (SSSR count). The summed E-state index contributed by atoms with van der Waals surface area (Å²) in [5, 5.41) is 7.04. The fourth-order valence-electron chi connectivity index (χ4n) is 9.00. The Hall–Kier alpha value is -8.15. The minimum atomic E-state index is 0.597. The van der Waals surface area contributed by atoms with Crippen LogP contribution in [0.3, 0.4) is 0 Å². The molecule has 3 aromatic heterocycles. The Kier molecular flexibility index (Phi) is 7.78. The predicted octanol–water partition coefficient (Wildman–Crippen LogP) is 13.9. The second-order valence-electron chi connectivity index (χ2n) is 15.3. The van der Waals surface area contributed by atoms with Crippen molar-refractivity contribution in [1.29, 1.82) is 0 Å². The predicted molar refractivity (Wildman–Crippen MR) is 248 cm³/mol. The van der Waals surface area contributed by atoms with Gasteiger partial charge in [0, 0.05) is 49.6 Å². The molecule has 0 saturated heterocycles. The molecule has 0 aliphatic carbocycles. The molecular weight excluding hydrogens is 731 g/mol. The van der Waals surface area contributed by atoms with Gasteiger partial charge in [-0.15, -0.1) is 0 Å². The van der Waals surface area contributed by atoms with Gasteiger partial charge in [-0.2, -0.15) is 0 Å². The quantitative estimate of drug-likeness (QED) is 0.169. The van der Waals surface area contributed by atoms with E-state index in [1.54, 1.807) is 0 Å². The van der Waals surface area contributed by atoms with Gasteiger partial charge in [0.1, 0.15) is 0 Å². The molecule has 9 aromatic carbocycles. The molecule has 3 heterocycles. The minimum absolute atomic E-state index is 0.597. The topological polar surface area (TPSA) is 48.5 Å². The van der Waals surface area contributed by atoms with E-state index >= 15 is 0 Å². The Bertz CT molecular complexity index is 3350. The molecule has 0 aliphatic heterocycles. The fourth-order valence-corrected chi connectivity index (χ4v) is 9.00. The van der Waals surface area contributed by atoms with Gasteiger partial charge in [-0.1, -0.05) is 170 Å². The molecule has 5 nitrogen and oxygen atoms in total. The normalized spacial score (nSPS) is 11.7. The minimum Gasteiger partial charge on any atom is -0.309 e. The lowest BCUT2D eigenvalue weighted by Gasteiger charge is -2.16. The lowest BCUT2D eigenvalue weighted by molar-refractivity contribution is 1.07. The number of aromatic nitrogens is 5. The Morgan fingerprint density at radius 1 is 0.267 bits per heavy atom. The van der Waals surface area contributed by atoms with Crippen LogP contribution in [-0.4, -0.2) is 24.1 Å². The highest BCUT2D eigenvalue weighted by Crippen LogP contribution is 2.38. The molecule has 0 aliphatic rings. The van der Waals surface area contributed by atoms with Crippen molar-refractivity contribution in [3.63, 3.8) is 0 Å². The molecular formula is C55H35N5. The Morgan fingerprint density at radius 2 is 0.667 bits per heavy atom. The van der Waals surface area contributed by atoms with Crippen molar-refractivity contribution in [2.45, 2.75) is 0 Å². The van der Waals surface area contributed by atoms with Gasteiger partial charge in [-0.05, 0) is 64.4 Å². The molecule has 0 bridgehead atoms. The Labute approximate surface area is 346 Å². The summed E-state index contributed by atoms with van der Waals surface area (Å²) in [6.07, 6.45) is 0. The molecule has 60 heavy (non-hydrogen) atoms. The fraction of sp³-hybridized carbons (Fsp3) is 0. The standard InChI is InChI=1S/C55H35N5/c1-2-15-36(16-3-1)37-29-31-39(32-30-37)53-56-54(58-55(57-53)48-24-14-18-38-17-4-5-19-43(38)48)40-33-41(59-49-25-10-6-20-44(49)45-21-7-11-26-50(45)59)35-42(34-40)60-51-27-12-8-22-46(51)47-23-9-13-28-52(47)60/h1-35H. The molecule has 5 heteroatoms. The smallest absolute Gasteiger partial charge is 0.164 e. The van der Waals surface area contributed by atoms with Crippen molar-refractivity contribution in [1.82, 2.24) is 24.1 Å². The lowest BCUT2D eigenvalue weighted by Crippen LogP contribution is -2.03. The maximum absolute atomic E-state index is 5.37. The first-order chi connectivity index (χ1) is 29.7. The number of para-hydroxylation sites is 4. The number of nitrogens with zero attached hydrogens (tertiary/aromatic N) is 5. The maximum atomic E-state index is 5.37. The van der Waals surface area contributed by atoms with Crippen molar-refractivity contribution in [3.05, 3.63) is 212 Å². The van der Waals surface area contributed by atoms with Gasteiger partial charge < -0.3 is 9.13 Å². The van der Waals surface area contributed by atoms with Crippen molar-refractivity contribution in [2.24, 2.45) is 0 Å². The third-order valence-corrected chi connectivity index (χ3v) is 11.8. The molecule has 0 saturated carbocycles. The highest BCUT2D eigenvalue weighted by molar-refractivity contribution is 6.10. The van der Waals surface area contributed by atoms with Crippen LogP contribution < -0.4 is 0 Å². The zero-order chi connectivity index (χ0) is 39.6. The third-order valence-electron chi connectivity index (χ3n) is 11.8. The van der Waals surface area contributed by atoms with Gasteiger partial charge in [-0.25, -0.2) is 15.0 Å². The van der Waals surface area contributed by atoms with Crippen LogP contribution in [0.1, 0.15) is 0 Å². The summed E-state index contributed by atoms with van der Waals surface area (Å²) in [7, 11) is 0. The van der Waals surface area contributed by atoms with E-state index in [2.05, 4.69) is 215 Å². The third kappa shape index (κ3) is 5.52. The van der Waals surface area contributed by atoms with Crippen molar-refractivity contribution in [3.8, 4) is 56.7 Å². The molecule has 0 fully saturated rings. The Balaban J connectivity index is 1.15. The van der Waals surface area contributed by atoms with Gasteiger partial charge in [0.15, 0.2) is 17.5 Å². The van der Waals surface area contributed by atoms with E-state index in [0.29, 0.717) is 17.5 Å². The monoisotopic (exact) mass is 765 g/mol. The molecule has 0 spiro atoms. The van der Waals surface area contributed by atoms with Crippen LogP contribution in [0.4, 0.5) is 0 Å². The molecule has 0 amide bonds. The summed E-state index contributed by atoms with van der Waals surface area (Å²) in [4.78, 5) is 15.9. The van der Waals surface area contributed by atoms with E-state index < -0.39 is 0 Å². The van der Waals surface area contributed by atoms with Gasteiger partial charge >= 0.3 is 0 Å². The van der Waals surface area contributed by atoms with Crippen LogP contribution in [0.15, 0.2) is 212 Å². The van der Waals surface area contributed by atoms with E-state index in [1.807, 2.05) is 6.07 Å². The lowest BCUT2D eigenvalue weighted by atomic mass is 10.0. The number of fused-ring (bicyclic) bond motifs is 7. The molecule has 12 aromatic rings. The second kappa shape index (κ2) is 13.8. The first-order valence-corrected chi connectivity index (χ1v) is 20.3. The number of hydrogen-bond acceptors (Lipinski definition) is 3. The first-order valence-electron chi connectivity index (χ1n) is 20.3. The Morgan fingerprint density at radius 3 is 1.22 bits per heavy atom. The highest BCUT2D eigenvalue weighted by atomic mass is 15.0. The largest absolute Gasteiger partial charge is 0.309 e.